The summed E-state index contributed by atoms with van der Waals surface area (Å²) in [6, 6.07) is 9.31. The topological polar surface area (TPSA) is 17.1 Å². The fraction of sp³-hybridized carbons (Fsp3) is 0.200. The maximum atomic E-state index is 11.7. The van der Waals surface area contributed by atoms with Gasteiger partial charge in [0.05, 0.1) is 3.77 Å². The fourth-order valence-electron chi connectivity index (χ4n) is 0.888. The molecule has 0 aliphatic carbocycles. The number of carbonyl (C=O) groups is 1. The molecule has 1 aromatic rings. The van der Waals surface area contributed by atoms with Crippen molar-refractivity contribution in [3.8, 4) is 0 Å². The Labute approximate surface area is 89.2 Å². The standard InChI is InChI=1S/C10H11BrOS/c1-13(2)10(11)9(12)8-6-4-3-5-7-8/h3-7H,1-2H3. The van der Waals surface area contributed by atoms with Gasteiger partial charge in [-0.1, -0.05) is 30.3 Å². The average Bonchev–Trinajstić information content (AvgIpc) is 2.17. The van der Waals surface area contributed by atoms with E-state index in [1.54, 1.807) is 0 Å². The molecule has 0 bridgehead atoms. The van der Waals surface area contributed by atoms with Gasteiger partial charge in [-0.05, 0) is 28.4 Å². The van der Waals surface area contributed by atoms with E-state index in [9.17, 15) is 4.79 Å². The molecule has 0 heterocycles. The molecule has 0 unspecified atom stereocenters. The first-order chi connectivity index (χ1) is 6.13. The summed E-state index contributed by atoms with van der Waals surface area (Å²) >= 11 is 3.32. The maximum absolute atomic E-state index is 11.7. The molecule has 13 heavy (non-hydrogen) atoms. The molecule has 3 heteroatoms. The molecule has 1 rings (SSSR count). The maximum Gasteiger partial charge on any atom is 0.205 e. The van der Waals surface area contributed by atoms with Crippen molar-refractivity contribution in [2.24, 2.45) is 0 Å². The van der Waals surface area contributed by atoms with E-state index in [-0.39, 0.29) is 16.3 Å². The molecule has 0 saturated carbocycles. The van der Waals surface area contributed by atoms with Crippen LogP contribution in [-0.2, 0) is 0 Å². The molecule has 1 aromatic carbocycles. The van der Waals surface area contributed by atoms with Crippen molar-refractivity contribution < 1.29 is 4.79 Å². The van der Waals surface area contributed by atoms with Gasteiger partial charge >= 0.3 is 0 Å². The number of ketones is 1. The zero-order valence-electron chi connectivity index (χ0n) is 7.58. The third-order valence-electron chi connectivity index (χ3n) is 1.57. The molecule has 0 aromatic heterocycles. The van der Waals surface area contributed by atoms with E-state index in [0.717, 1.165) is 9.34 Å². The summed E-state index contributed by atoms with van der Waals surface area (Å²) in [5.41, 5.74) is 0.746. The van der Waals surface area contributed by atoms with Gasteiger partial charge in [-0.15, -0.1) is 0 Å². The highest BCUT2D eigenvalue weighted by Crippen LogP contribution is 2.13. The van der Waals surface area contributed by atoms with E-state index in [0.29, 0.717) is 0 Å². The summed E-state index contributed by atoms with van der Waals surface area (Å²) in [6.45, 7) is 0. The van der Waals surface area contributed by atoms with Crippen LogP contribution in [-0.4, -0.2) is 22.1 Å². The Kier molecular flexibility index (Phi) is 3.88. The molecule has 0 spiro atoms. The first-order valence-corrected chi connectivity index (χ1v) is 6.66. The van der Waals surface area contributed by atoms with Crippen LogP contribution in [0.5, 0.6) is 0 Å². The van der Waals surface area contributed by atoms with Crippen LogP contribution in [0.25, 0.3) is 0 Å². The molecule has 1 nitrogen and oxygen atoms in total. The summed E-state index contributed by atoms with van der Waals surface area (Å²) in [7, 11) is -0.00711. The number of halogens is 1. The van der Waals surface area contributed by atoms with Crippen LogP contribution < -0.4 is 0 Å². The predicted octanol–water partition coefficient (Wildman–Crippen LogP) is 2.92. The summed E-state index contributed by atoms with van der Waals surface area (Å²) in [5, 5.41) is 0. The van der Waals surface area contributed by atoms with Gasteiger partial charge in [0.15, 0.2) is 0 Å². The summed E-state index contributed by atoms with van der Waals surface area (Å²) in [5.74, 6) is 0.0916. The number of rotatable bonds is 2. The van der Waals surface area contributed by atoms with Gasteiger partial charge in [0.1, 0.15) is 0 Å². The van der Waals surface area contributed by atoms with Crippen LogP contribution in [0.2, 0.25) is 0 Å². The Morgan fingerprint density at radius 2 is 1.77 bits per heavy atom. The van der Waals surface area contributed by atoms with Gasteiger partial charge in [-0.2, -0.15) is 10.5 Å². The number of Topliss-reactive ketones (excluding diaryl/α,β-unsaturated/α-hetero) is 1. The second-order valence-electron chi connectivity index (χ2n) is 2.79. The lowest BCUT2D eigenvalue weighted by Crippen LogP contribution is -2.07. The first kappa shape index (κ1) is 10.7. The summed E-state index contributed by atoms with van der Waals surface area (Å²) < 4.78 is 0.763. The third kappa shape index (κ3) is 2.78. The van der Waals surface area contributed by atoms with E-state index in [1.807, 2.05) is 42.8 Å². The molecular weight excluding hydrogens is 248 g/mol. The number of hydrogen-bond donors (Lipinski definition) is 0. The monoisotopic (exact) mass is 258 g/mol. The van der Waals surface area contributed by atoms with Gasteiger partial charge in [0.25, 0.3) is 0 Å². The molecule has 0 aliphatic rings. The number of hydrogen-bond acceptors (Lipinski definition) is 1. The molecular formula is C10H11BrOS. The fourth-order valence-corrected chi connectivity index (χ4v) is 1.61. The van der Waals surface area contributed by atoms with E-state index in [2.05, 4.69) is 15.9 Å². The van der Waals surface area contributed by atoms with E-state index in [1.165, 1.54) is 0 Å². The van der Waals surface area contributed by atoms with Crippen LogP contribution in [0.4, 0.5) is 0 Å². The van der Waals surface area contributed by atoms with E-state index < -0.39 is 0 Å². The highest BCUT2D eigenvalue weighted by molar-refractivity contribution is 9.21. The minimum Gasteiger partial charge on any atom is -0.287 e. The quantitative estimate of drug-likeness (QED) is 0.453. The smallest absolute Gasteiger partial charge is 0.205 e. The molecule has 0 saturated heterocycles. The van der Waals surface area contributed by atoms with Crippen molar-refractivity contribution in [2.75, 3.05) is 12.5 Å². The minimum absolute atomic E-state index is 0.00711. The largest absolute Gasteiger partial charge is 0.287 e. The highest BCUT2D eigenvalue weighted by atomic mass is 79.9. The van der Waals surface area contributed by atoms with E-state index in [4.69, 9.17) is 0 Å². The highest BCUT2D eigenvalue weighted by Gasteiger charge is 2.09. The lowest BCUT2D eigenvalue weighted by molar-refractivity contribution is 0.107. The van der Waals surface area contributed by atoms with Crippen LogP contribution in [0.15, 0.2) is 30.3 Å². The molecule has 0 aliphatic heterocycles. The van der Waals surface area contributed by atoms with Crippen molar-refractivity contribution >= 4 is 36.0 Å². The molecule has 0 radical (unpaired) electrons. The van der Waals surface area contributed by atoms with Gasteiger partial charge in [-0.25, -0.2) is 0 Å². The molecule has 0 amide bonds. The Bertz CT molecular complexity index is 339. The van der Waals surface area contributed by atoms with Crippen LogP contribution in [0.1, 0.15) is 10.4 Å². The minimum atomic E-state index is -0.00711. The number of benzene rings is 1. The first-order valence-electron chi connectivity index (χ1n) is 3.82. The summed E-state index contributed by atoms with van der Waals surface area (Å²) in [6.07, 6.45) is 4.04. The SMILES string of the molecule is CS(C)=C(Br)C(=O)c1ccccc1. The Hall–Kier alpha value is -0.410. The van der Waals surface area contributed by atoms with Crippen molar-refractivity contribution in [3.63, 3.8) is 0 Å². The third-order valence-corrected chi connectivity index (χ3v) is 4.78. The van der Waals surface area contributed by atoms with Gasteiger partial charge in [0, 0.05) is 5.56 Å². The van der Waals surface area contributed by atoms with Crippen LogP contribution >= 0.6 is 26.4 Å². The lowest BCUT2D eigenvalue weighted by atomic mass is 10.2. The predicted molar refractivity (Wildman–Crippen MR) is 64.1 cm³/mol. The molecule has 0 atom stereocenters. The van der Waals surface area contributed by atoms with Gasteiger partial charge < -0.3 is 0 Å². The van der Waals surface area contributed by atoms with Crippen molar-refractivity contribution in [1.29, 1.82) is 0 Å². The van der Waals surface area contributed by atoms with Crippen LogP contribution in [0.3, 0.4) is 0 Å². The average molecular weight is 259 g/mol. The number of carbonyl (C=O) groups excluding carboxylic acids is 1. The van der Waals surface area contributed by atoms with Crippen LogP contribution in [0, 0.1) is 0 Å². The van der Waals surface area contributed by atoms with Crippen molar-refractivity contribution in [3.05, 3.63) is 35.9 Å². The van der Waals surface area contributed by atoms with Crippen molar-refractivity contribution in [2.45, 2.75) is 0 Å². The second kappa shape index (κ2) is 4.72. The van der Waals surface area contributed by atoms with E-state index >= 15 is 0 Å². The Balaban J connectivity index is 3.00. The zero-order valence-corrected chi connectivity index (χ0v) is 9.98. The molecule has 0 N–H and O–H groups in total. The van der Waals surface area contributed by atoms with Crippen molar-refractivity contribution in [1.82, 2.24) is 0 Å². The second-order valence-corrected chi connectivity index (χ2v) is 6.14. The zero-order chi connectivity index (χ0) is 9.84. The Morgan fingerprint density at radius 3 is 2.23 bits per heavy atom. The molecule has 70 valence electrons. The van der Waals surface area contributed by atoms with Gasteiger partial charge in [0.2, 0.25) is 5.78 Å². The normalized spacial score (nSPS) is 10.2. The summed E-state index contributed by atoms with van der Waals surface area (Å²) in [4.78, 5) is 11.7. The Morgan fingerprint density at radius 1 is 1.23 bits per heavy atom. The van der Waals surface area contributed by atoms with Gasteiger partial charge in [-0.3, -0.25) is 4.79 Å². The molecule has 0 fully saturated rings. The lowest BCUT2D eigenvalue weighted by Gasteiger charge is -2.01.